The highest BCUT2D eigenvalue weighted by Gasteiger charge is 2.05. The molecule has 2 nitrogen and oxygen atoms in total. The fourth-order valence-electron chi connectivity index (χ4n) is 1.74. The number of pyridine rings is 1. The summed E-state index contributed by atoms with van der Waals surface area (Å²) < 4.78 is 0.494. The van der Waals surface area contributed by atoms with Gasteiger partial charge in [0.15, 0.2) is 0 Å². The molecule has 0 bridgehead atoms. The molecule has 1 aromatic heterocycles. The molecule has 0 amide bonds. The standard InChI is InChI=1S/C14H12N2S/c1-9-3-5-11(6-4-9)13-10(2)7-12(8-15)14(17)16-13/h3-7H,1-2H3,(H,16,17). The van der Waals surface area contributed by atoms with Crippen LogP contribution in [0.15, 0.2) is 30.3 Å². The smallest absolute Gasteiger partial charge is 0.121 e. The lowest BCUT2D eigenvalue weighted by molar-refractivity contribution is 1.23. The van der Waals surface area contributed by atoms with Crippen molar-refractivity contribution < 1.29 is 0 Å². The highest BCUT2D eigenvalue weighted by molar-refractivity contribution is 7.71. The predicted octanol–water partition coefficient (Wildman–Crippen LogP) is 3.90. The van der Waals surface area contributed by atoms with Crippen molar-refractivity contribution in [3.8, 4) is 17.3 Å². The second-order valence-electron chi connectivity index (χ2n) is 4.05. The molecule has 0 unspecified atom stereocenters. The molecular formula is C14H12N2S. The van der Waals surface area contributed by atoms with Gasteiger partial charge in [-0.15, -0.1) is 0 Å². The lowest BCUT2D eigenvalue weighted by Gasteiger charge is -2.07. The first kappa shape index (κ1) is 11.6. The van der Waals surface area contributed by atoms with Gasteiger partial charge in [-0.3, -0.25) is 0 Å². The Hall–Kier alpha value is -1.92. The molecule has 3 heteroatoms. The van der Waals surface area contributed by atoms with Crippen LogP contribution in [0, 0.1) is 29.8 Å². The zero-order valence-corrected chi connectivity index (χ0v) is 10.6. The third-order valence-electron chi connectivity index (χ3n) is 2.70. The maximum Gasteiger partial charge on any atom is 0.121 e. The second-order valence-corrected chi connectivity index (χ2v) is 4.46. The molecule has 84 valence electrons. The fourth-order valence-corrected chi connectivity index (χ4v) is 1.94. The summed E-state index contributed by atoms with van der Waals surface area (Å²) in [6.45, 7) is 4.03. The van der Waals surface area contributed by atoms with Crippen LogP contribution in [0.4, 0.5) is 0 Å². The first-order chi connectivity index (χ1) is 8.11. The molecule has 1 heterocycles. The van der Waals surface area contributed by atoms with Crippen molar-refractivity contribution >= 4 is 12.2 Å². The van der Waals surface area contributed by atoms with Crippen LogP contribution in [-0.2, 0) is 0 Å². The molecule has 0 aliphatic carbocycles. The van der Waals surface area contributed by atoms with Crippen LogP contribution in [0.1, 0.15) is 16.7 Å². The van der Waals surface area contributed by atoms with Gasteiger partial charge in [0.05, 0.1) is 5.56 Å². The molecule has 0 saturated heterocycles. The normalized spacial score (nSPS) is 9.94. The molecule has 0 aliphatic heterocycles. The molecule has 0 fully saturated rings. The quantitative estimate of drug-likeness (QED) is 0.768. The lowest BCUT2D eigenvalue weighted by atomic mass is 10.0. The van der Waals surface area contributed by atoms with E-state index in [1.54, 1.807) is 0 Å². The third kappa shape index (κ3) is 2.27. The van der Waals surface area contributed by atoms with Crippen molar-refractivity contribution in [2.75, 3.05) is 0 Å². The number of benzene rings is 1. The Kier molecular flexibility index (Phi) is 3.08. The molecular weight excluding hydrogens is 228 g/mol. The van der Waals surface area contributed by atoms with Crippen LogP contribution >= 0.6 is 12.2 Å². The molecule has 17 heavy (non-hydrogen) atoms. The molecule has 0 atom stereocenters. The number of aryl methyl sites for hydroxylation is 2. The Bertz CT molecular complexity index is 645. The molecule has 2 aromatic rings. The van der Waals surface area contributed by atoms with Gasteiger partial charge < -0.3 is 4.98 Å². The summed E-state index contributed by atoms with van der Waals surface area (Å²) in [6.07, 6.45) is 0. The average Bonchev–Trinajstić information content (AvgIpc) is 2.33. The number of rotatable bonds is 1. The lowest BCUT2D eigenvalue weighted by Crippen LogP contribution is -1.92. The third-order valence-corrected chi connectivity index (χ3v) is 3.02. The highest BCUT2D eigenvalue weighted by atomic mass is 32.1. The zero-order chi connectivity index (χ0) is 12.4. The summed E-state index contributed by atoms with van der Waals surface area (Å²) in [5, 5.41) is 8.90. The van der Waals surface area contributed by atoms with E-state index in [-0.39, 0.29) is 0 Å². The predicted molar refractivity (Wildman–Crippen MR) is 71.3 cm³/mol. The summed E-state index contributed by atoms with van der Waals surface area (Å²) in [4.78, 5) is 3.12. The minimum Gasteiger partial charge on any atom is -0.345 e. The van der Waals surface area contributed by atoms with Crippen molar-refractivity contribution in [2.24, 2.45) is 0 Å². The fraction of sp³-hybridized carbons (Fsp3) is 0.143. The number of aromatic nitrogens is 1. The zero-order valence-electron chi connectivity index (χ0n) is 9.74. The van der Waals surface area contributed by atoms with Crippen LogP contribution in [-0.4, -0.2) is 4.98 Å². The molecule has 0 aliphatic rings. The van der Waals surface area contributed by atoms with E-state index < -0.39 is 0 Å². The Morgan fingerprint density at radius 2 is 1.82 bits per heavy atom. The monoisotopic (exact) mass is 240 g/mol. The summed E-state index contributed by atoms with van der Waals surface area (Å²) >= 11 is 5.15. The van der Waals surface area contributed by atoms with Crippen LogP contribution in [0.2, 0.25) is 0 Å². The van der Waals surface area contributed by atoms with Gasteiger partial charge in [0, 0.05) is 5.69 Å². The Balaban J connectivity index is 2.61. The molecule has 1 aromatic carbocycles. The maximum atomic E-state index is 8.90. The first-order valence-electron chi connectivity index (χ1n) is 5.33. The van der Waals surface area contributed by atoms with Crippen LogP contribution in [0.5, 0.6) is 0 Å². The average molecular weight is 240 g/mol. The topological polar surface area (TPSA) is 39.6 Å². The number of hydrogen-bond acceptors (Lipinski definition) is 2. The minimum atomic E-state index is 0.494. The summed E-state index contributed by atoms with van der Waals surface area (Å²) in [6, 6.07) is 12.1. The van der Waals surface area contributed by atoms with Crippen LogP contribution in [0.3, 0.4) is 0 Å². The van der Waals surface area contributed by atoms with Gasteiger partial charge in [-0.05, 0) is 31.0 Å². The summed E-state index contributed by atoms with van der Waals surface area (Å²) in [5.74, 6) is 0. The Morgan fingerprint density at radius 3 is 2.41 bits per heavy atom. The summed E-state index contributed by atoms with van der Waals surface area (Å²) in [5.41, 5.74) is 4.84. The van der Waals surface area contributed by atoms with Crippen molar-refractivity contribution in [2.45, 2.75) is 13.8 Å². The van der Waals surface area contributed by atoms with E-state index in [9.17, 15) is 0 Å². The Morgan fingerprint density at radius 1 is 1.18 bits per heavy atom. The van der Waals surface area contributed by atoms with E-state index >= 15 is 0 Å². The molecule has 2 rings (SSSR count). The van der Waals surface area contributed by atoms with Gasteiger partial charge in [0.25, 0.3) is 0 Å². The van der Waals surface area contributed by atoms with E-state index in [1.807, 2.05) is 13.0 Å². The van der Waals surface area contributed by atoms with E-state index in [4.69, 9.17) is 17.5 Å². The second kappa shape index (κ2) is 4.52. The molecule has 1 N–H and O–H groups in total. The van der Waals surface area contributed by atoms with Crippen LogP contribution in [0.25, 0.3) is 11.3 Å². The number of nitrogens with one attached hydrogen (secondary N) is 1. The van der Waals surface area contributed by atoms with E-state index in [2.05, 4.69) is 42.2 Å². The minimum absolute atomic E-state index is 0.494. The first-order valence-corrected chi connectivity index (χ1v) is 5.73. The van der Waals surface area contributed by atoms with Gasteiger partial charge in [0.2, 0.25) is 0 Å². The largest absolute Gasteiger partial charge is 0.345 e. The number of hydrogen-bond donors (Lipinski definition) is 1. The van der Waals surface area contributed by atoms with E-state index in [0.717, 1.165) is 16.8 Å². The van der Waals surface area contributed by atoms with E-state index in [1.165, 1.54) is 5.56 Å². The van der Waals surface area contributed by atoms with Crippen molar-refractivity contribution in [1.82, 2.24) is 4.98 Å². The van der Waals surface area contributed by atoms with Gasteiger partial charge in [-0.1, -0.05) is 42.0 Å². The van der Waals surface area contributed by atoms with Crippen molar-refractivity contribution in [1.29, 1.82) is 5.26 Å². The molecule has 0 saturated carbocycles. The maximum absolute atomic E-state index is 8.90. The highest BCUT2D eigenvalue weighted by Crippen LogP contribution is 2.22. The van der Waals surface area contributed by atoms with E-state index in [0.29, 0.717) is 10.2 Å². The van der Waals surface area contributed by atoms with Crippen molar-refractivity contribution in [3.63, 3.8) is 0 Å². The van der Waals surface area contributed by atoms with Gasteiger partial charge in [-0.25, -0.2) is 0 Å². The van der Waals surface area contributed by atoms with Gasteiger partial charge in [0.1, 0.15) is 10.7 Å². The van der Waals surface area contributed by atoms with Gasteiger partial charge >= 0.3 is 0 Å². The van der Waals surface area contributed by atoms with Crippen LogP contribution < -0.4 is 0 Å². The number of nitriles is 1. The SMILES string of the molecule is Cc1ccc(-c2[nH]c(=S)c(C#N)cc2C)cc1. The van der Waals surface area contributed by atoms with Crippen molar-refractivity contribution in [3.05, 3.63) is 51.7 Å². The number of H-pyrrole nitrogens is 1. The Labute approximate surface area is 106 Å². The van der Waals surface area contributed by atoms with Gasteiger partial charge in [-0.2, -0.15) is 5.26 Å². The molecule has 0 radical (unpaired) electrons. The summed E-state index contributed by atoms with van der Waals surface area (Å²) in [7, 11) is 0. The number of nitrogens with zero attached hydrogens (tertiary/aromatic N) is 1. The number of aromatic amines is 1. The molecule has 0 spiro atoms.